The predicted octanol–water partition coefficient (Wildman–Crippen LogP) is 4.78. The Morgan fingerprint density at radius 2 is 2.03 bits per heavy atom. The highest BCUT2D eigenvalue weighted by atomic mass is 35.5. The minimum atomic E-state index is -0.269. The van der Waals surface area contributed by atoms with E-state index in [1.54, 1.807) is 30.2 Å². The van der Waals surface area contributed by atoms with E-state index >= 15 is 0 Å². The number of anilines is 2. The second kappa shape index (κ2) is 8.30. The van der Waals surface area contributed by atoms with Crippen LogP contribution in [0.3, 0.4) is 0 Å². The Morgan fingerprint density at radius 1 is 1.27 bits per heavy atom. The molecule has 0 unspecified atom stereocenters. The highest BCUT2D eigenvalue weighted by molar-refractivity contribution is 7.16. The zero-order chi connectivity index (χ0) is 21.3. The lowest BCUT2D eigenvalue weighted by atomic mass is 10.1. The molecule has 0 fully saturated rings. The average molecular weight is 440 g/mol. The Balaban J connectivity index is 1.52. The molecule has 4 rings (SSSR count). The van der Waals surface area contributed by atoms with E-state index in [0.29, 0.717) is 21.6 Å². The number of amides is 2. The zero-order valence-corrected chi connectivity index (χ0v) is 17.9. The van der Waals surface area contributed by atoms with E-state index in [1.165, 1.54) is 17.4 Å². The van der Waals surface area contributed by atoms with E-state index in [4.69, 9.17) is 16.3 Å². The van der Waals surface area contributed by atoms with Crippen LogP contribution < -0.4 is 15.0 Å². The van der Waals surface area contributed by atoms with Crippen LogP contribution >= 0.6 is 22.9 Å². The Labute approximate surface area is 182 Å². The number of hydrogen-bond donors (Lipinski definition) is 1. The van der Waals surface area contributed by atoms with Crippen LogP contribution in [-0.2, 0) is 9.59 Å². The molecule has 8 heteroatoms. The number of fused-ring (bicyclic) bond motifs is 1. The lowest BCUT2D eigenvalue weighted by molar-refractivity contribution is -0.121. The molecule has 0 aliphatic carbocycles. The normalized spacial score (nSPS) is 13.3. The molecule has 0 saturated heterocycles. The Bertz CT molecular complexity index is 1150. The average Bonchev–Trinajstić information content (AvgIpc) is 3.10. The molecular weight excluding hydrogens is 422 g/mol. The second-order valence-electron chi connectivity index (χ2n) is 6.72. The van der Waals surface area contributed by atoms with Crippen molar-refractivity contribution in [3.05, 3.63) is 64.0 Å². The molecule has 1 aromatic heterocycles. The molecule has 0 saturated carbocycles. The van der Waals surface area contributed by atoms with Crippen LogP contribution in [0.5, 0.6) is 5.75 Å². The molecule has 0 radical (unpaired) electrons. The van der Waals surface area contributed by atoms with Gasteiger partial charge >= 0.3 is 0 Å². The van der Waals surface area contributed by atoms with Gasteiger partial charge in [0.05, 0.1) is 11.4 Å². The molecule has 0 bridgehead atoms. The van der Waals surface area contributed by atoms with E-state index in [9.17, 15) is 9.59 Å². The second-order valence-corrected chi connectivity index (χ2v) is 8.36. The summed E-state index contributed by atoms with van der Waals surface area (Å²) in [5.74, 6) is 0.291. The zero-order valence-electron chi connectivity index (χ0n) is 16.3. The summed E-state index contributed by atoms with van der Waals surface area (Å²) < 4.78 is 5.47. The van der Waals surface area contributed by atoms with Gasteiger partial charge in [-0.25, -0.2) is 4.98 Å². The lowest BCUT2D eigenvalue weighted by Crippen LogP contribution is -2.35. The summed E-state index contributed by atoms with van der Waals surface area (Å²) in [6, 6.07) is 12.8. The molecule has 30 heavy (non-hydrogen) atoms. The van der Waals surface area contributed by atoms with Gasteiger partial charge in [0.15, 0.2) is 11.7 Å². The van der Waals surface area contributed by atoms with Gasteiger partial charge in [0, 0.05) is 28.6 Å². The molecule has 2 heterocycles. The number of rotatable bonds is 4. The minimum absolute atomic E-state index is 0.0400. The fourth-order valence-corrected chi connectivity index (χ4v) is 3.99. The van der Waals surface area contributed by atoms with Crippen LogP contribution in [0.4, 0.5) is 10.8 Å². The number of benzene rings is 2. The van der Waals surface area contributed by atoms with Gasteiger partial charge in [-0.05, 0) is 48.9 Å². The number of hydrogen-bond acceptors (Lipinski definition) is 5. The monoisotopic (exact) mass is 439 g/mol. The number of aryl methyl sites for hydroxylation is 1. The van der Waals surface area contributed by atoms with Crippen molar-refractivity contribution in [2.75, 3.05) is 23.9 Å². The van der Waals surface area contributed by atoms with E-state index in [2.05, 4.69) is 10.3 Å². The van der Waals surface area contributed by atoms with Crippen LogP contribution in [0.2, 0.25) is 5.02 Å². The number of likely N-dealkylation sites (N-methyl/N-ethyl adjacent to an activating group) is 1. The molecule has 3 aromatic rings. The Hall–Kier alpha value is -3.16. The molecule has 1 aliphatic rings. The Morgan fingerprint density at radius 3 is 2.80 bits per heavy atom. The van der Waals surface area contributed by atoms with Crippen molar-refractivity contribution in [3.63, 3.8) is 0 Å². The topological polar surface area (TPSA) is 71.5 Å². The standard InChI is InChI=1S/C22H18ClN3O3S/c1-13-21(15-6-9-18-17(11-15)26(2)20(28)12-29-18)25-22(30-13)24-19(27)10-5-14-3-7-16(23)8-4-14/h3-11H,12H2,1-2H3,(H,24,25,27)/b10-5+. The third kappa shape index (κ3) is 4.22. The maximum atomic E-state index is 12.3. The predicted molar refractivity (Wildman–Crippen MR) is 120 cm³/mol. The molecule has 2 aromatic carbocycles. The van der Waals surface area contributed by atoms with Gasteiger partial charge in [0.25, 0.3) is 5.91 Å². The fourth-order valence-electron chi connectivity index (χ4n) is 3.03. The smallest absolute Gasteiger partial charge is 0.264 e. The molecule has 2 amide bonds. The van der Waals surface area contributed by atoms with Crippen LogP contribution in [0, 0.1) is 6.92 Å². The summed E-state index contributed by atoms with van der Waals surface area (Å²) in [6.07, 6.45) is 3.17. The summed E-state index contributed by atoms with van der Waals surface area (Å²) in [4.78, 5) is 31.3. The van der Waals surface area contributed by atoms with E-state index < -0.39 is 0 Å². The van der Waals surface area contributed by atoms with Crippen molar-refractivity contribution in [2.45, 2.75) is 6.92 Å². The summed E-state index contributed by atoms with van der Waals surface area (Å²) in [6.45, 7) is 1.98. The van der Waals surface area contributed by atoms with E-state index in [1.807, 2.05) is 37.3 Å². The molecule has 0 atom stereocenters. The summed E-state index contributed by atoms with van der Waals surface area (Å²) in [5, 5.41) is 3.95. The number of carbonyl (C=O) groups is 2. The molecule has 1 N–H and O–H groups in total. The molecule has 6 nitrogen and oxygen atoms in total. The molecule has 0 spiro atoms. The third-order valence-electron chi connectivity index (χ3n) is 4.64. The number of ether oxygens (including phenoxy) is 1. The lowest BCUT2D eigenvalue weighted by Gasteiger charge is -2.26. The summed E-state index contributed by atoms with van der Waals surface area (Å²) >= 11 is 7.26. The first-order valence-electron chi connectivity index (χ1n) is 9.16. The molecule has 152 valence electrons. The van der Waals surface area contributed by atoms with Crippen molar-refractivity contribution >= 4 is 51.6 Å². The van der Waals surface area contributed by atoms with Gasteiger partial charge in [0.1, 0.15) is 5.75 Å². The van der Waals surface area contributed by atoms with Gasteiger partial charge in [-0.2, -0.15) is 0 Å². The number of thiazole rings is 1. The van der Waals surface area contributed by atoms with Crippen LogP contribution in [0.25, 0.3) is 17.3 Å². The van der Waals surface area contributed by atoms with Gasteiger partial charge < -0.3 is 9.64 Å². The number of nitrogens with one attached hydrogen (secondary N) is 1. The first kappa shape index (κ1) is 20.1. The van der Waals surface area contributed by atoms with Crippen molar-refractivity contribution in [1.29, 1.82) is 0 Å². The first-order valence-corrected chi connectivity index (χ1v) is 10.4. The maximum Gasteiger partial charge on any atom is 0.264 e. The third-order valence-corrected chi connectivity index (χ3v) is 5.78. The van der Waals surface area contributed by atoms with Gasteiger partial charge in [-0.15, -0.1) is 11.3 Å². The maximum absolute atomic E-state index is 12.3. The van der Waals surface area contributed by atoms with Crippen molar-refractivity contribution < 1.29 is 14.3 Å². The van der Waals surface area contributed by atoms with Crippen molar-refractivity contribution in [3.8, 4) is 17.0 Å². The first-order chi connectivity index (χ1) is 14.4. The highest BCUT2D eigenvalue weighted by Crippen LogP contribution is 2.37. The van der Waals surface area contributed by atoms with Gasteiger partial charge in [0.2, 0.25) is 5.91 Å². The van der Waals surface area contributed by atoms with Crippen LogP contribution in [0.15, 0.2) is 48.5 Å². The number of halogens is 1. The van der Waals surface area contributed by atoms with E-state index in [0.717, 1.165) is 21.7 Å². The highest BCUT2D eigenvalue weighted by Gasteiger charge is 2.23. The molecule has 1 aliphatic heterocycles. The number of carbonyl (C=O) groups excluding carboxylic acids is 2. The number of aromatic nitrogens is 1. The van der Waals surface area contributed by atoms with Crippen molar-refractivity contribution in [2.24, 2.45) is 0 Å². The summed E-state index contributed by atoms with van der Waals surface area (Å²) in [7, 11) is 1.72. The number of nitrogens with zero attached hydrogens (tertiary/aromatic N) is 2. The minimum Gasteiger partial charge on any atom is -0.482 e. The summed E-state index contributed by atoms with van der Waals surface area (Å²) in [5.41, 5.74) is 3.18. The fraction of sp³-hybridized carbons (Fsp3) is 0.136. The SMILES string of the molecule is Cc1sc(NC(=O)/C=C/c2ccc(Cl)cc2)nc1-c1ccc2c(c1)N(C)C(=O)CO2. The van der Waals surface area contributed by atoms with Gasteiger partial charge in [-0.3, -0.25) is 14.9 Å². The Kier molecular flexibility index (Phi) is 5.57. The van der Waals surface area contributed by atoms with Crippen molar-refractivity contribution in [1.82, 2.24) is 4.98 Å². The van der Waals surface area contributed by atoms with Gasteiger partial charge in [-0.1, -0.05) is 23.7 Å². The molecular formula is C22H18ClN3O3S. The largest absolute Gasteiger partial charge is 0.482 e. The van der Waals surface area contributed by atoms with Crippen LogP contribution in [-0.4, -0.2) is 30.5 Å². The quantitative estimate of drug-likeness (QED) is 0.594. The van der Waals surface area contributed by atoms with Crippen LogP contribution in [0.1, 0.15) is 10.4 Å². The van der Waals surface area contributed by atoms with E-state index in [-0.39, 0.29) is 18.4 Å².